The van der Waals surface area contributed by atoms with Crippen molar-refractivity contribution in [1.82, 2.24) is 0 Å². The van der Waals surface area contributed by atoms with Gasteiger partial charge >= 0.3 is 0 Å². The number of halogens is 1. The van der Waals surface area contributed by atoms with Crippen molar-refractivity contribution in [2.75, 3.05) is 7.11 Å². The molecule has 3 heteroatoms. The highest BCUT2D eigenvalue weighted by molar-refractivity contribution is 6.23. The van der Waals surface area contributed by atoms with Gasteiger partial charge in [-0.15, -0.1) is 11.6 Å². The first kappa shape index (κ1) is 7.41. The van der Waals surface area contributed by atoms with Gasteiger partial charge in [0.1, 0.15) is 0 Å². The van der Waals surface area contributed by atoms with Gasteiger partial charge in [0.2, 0.25) is 0 Å². The summed E-state index contributed by atoms with van der Waals surface area (Å²) in [6.45, 7) is 2.22. The lowest BCUT2D eigenvalue weighted by Gasteiger charge is -2.15. The number of nitrogens with zero attached hydrogens (tertiary/aromatic N) is 1. The third-order valence-corrected chi connectivity index (χ3v) is 3.18. The Labute approximate surface area is 71.6 Å². The molecule has 1 aliphatic heterocycles. The van der Waals surface area contributed by atoms with E-state index in [9.17, 15) is 0 Å². The van der Waals surface area contributed by atoms with Gasteiger partial charge in [-0.2, -0.15) is 0 Å². The monoisotopic (exact) mass is 173 g/mol. The van der Waals surface area contributed by atoms with E-state index in [1.165, 1.54) is 0 Å². The van der Waals surface area contributed by atoms with Crippen LogP contribution in [-0.4, -0.2) is 24.4 Å². The molecule has 4 atom stereocenters. The molecule has 1 saturated carbocycles. The number of aliphatic imine (C=N–C) groups is 1. The molecule has 0 aromatic heterocycles. The maximum atomic E-state index is 6.01. The SMILES string of the molecule is COC1=N[C@@H]2[C@H](Cl)[C@@H]2[C@@H](C)C1. The predicted molar refractivity (Wildman–Crippen MR) is 45.1 cm³/mol. The van der Waals surface area contributed by atoms with Crippen LogP contribution in [0.25, 0.3) is 0 Å². The molecule has 0 bridgehead atoms. The Morgan fingerprint density at radius 1 is 1.64 bits per heavy atom. The van der Waals surface area contributed by atoms with Crippen LogP contribution < -0.4 is 0 Å². The molecule has 2 aliphatic rings. The number of ether oxygens (including phenoxy) is 1. The Morgan fingerprint density at radius 3 is 2.91 bits per heavy atom. The van der Waals surface area contributed by atoms with Crippen LogP contribution in [0.2, 0.25) is 0 Å². The maximum absolute atomic E-state index is 6.01. The van der Waals surface area contributed by atoms with E-state index < -0.39 is 0 Å². The normalized spacial score (nSPS) is 47.7. The van der Waals surface area contributed by atoms with E-state index in [0.29, 0.717) is 17.9 Å². The Hall–Kier alpha value is -0.240. The molecule has 1 fully saturated rings. The van der Waals surface area contributed by atoms with Crippen molar-refractivity contribution in [1.29, 1.82) is 0 Å². The first-order valence-corrected chi connectivity index (χ1v) is 4.42. The molecule has 11 heavy (non-hydrogen) atoms. The fourth-order valence-electron chi connectivity index (χ4n) is 1.85. The zero-order valence-electron chi connectivity index (χ0n) is 6.75. The second-order valence-electron chi connectivity index (χ2n) is 3.42. The number of alkyl halides is 1. The topological polar surface area (TPSA) is 21.6 Å². The lowest BCUT2D eigenvalue weighted by Crippen LogP contribution is -2.16. The average molecular weight is 174 g/mol. The van der Waals surface area contributed by atoms with Crippen molar-refractivity contribution in [3.8, 4) is 0 Å². The van der Waals surface area contributed by atoms with Gasteiger partial charge in [-0.25, -0.2) is 0 Å². The molecule has 0 saturated heterocycles. The van der Waals surface area contributed by atoms with Gasteiger partial charge in [0.25, 0.3) is 0 Å². The number of hydrogen-bond donors (Lipinski definition) is 0. The van der Waals surface area contributed by atoms with Crippen LogP contribution in [-0.2, 0) is 4.74 Å². The van der Waals surface area contributed by atoms with Crippen molar-refractivity contribution >= 4 is 17.5 Å². The van der Waals surface area contributed by atoms with E-state index in [0.717, 1.165) is 12.3 Å². The van der Waals surface area contributed by atoms with Crippen LogP contribution in [0.4, 0.5) is 0 Å². The van der Waals surface area contributed by atoms with Gasteiger partial charge in [0.15, 0.2) is 5.90 Å². The number of hydrogen-bond acceptors (Lipinski definition) is 2. The minimum Gasteiger partial charge on any atom is -0.484 e. The average Bonchev–Trinajstić information content (AvgIpc) is 2.63. The smallest absolute Gasteiger partial charge is 0.183 e. The van der Waals surface area contributed by atoms with E-state index in [4.69, 9.17) is 16.3 Å². The van der Waals surface area contributed by atoms with Crippen molar-refractivity contribution in [2.45, 2.75) is 24.8 Å². The Kier molecular flexibility index (Phi) is 1.60. The standard InChI is InChI=1S/C8H12ClNO/c1-4-3-5(11-2)10-8-6(4)7(8)9/h4,6-8H,3H2,1-2H3/t4-,6-,7+,8-/m0/s1. The third-order valence-electron chi connectivity index (χ3n) is 2.63. The Bertz CT molecular complexity index is 204. The molecular formula is C8H12ClNO. The van der Waals surface area contributed by atoms with Gasteiger partial charge < -0.3 is 4.74 Å². The van der Waals surface area contributed by atoms with Crippen LogP contribution in [0.1, 0.15) is 13.3 Å². The highest BCUT2D eigenvalue weighted by Gasteiger charge is 2.54. The van der Waals surface area contributed by atoms with Gasteiger partial charge in [0, 0.05) is 12.3 Å². The van der Waals surface area contributed by atoms with Gasteiger partial charge in [-0.3, -0.25) is 4.99 Å². The van der Waals surface area contributed by atoms with Gasteiger partial charge in [0.05, 0.1) is 18.5 Å². The summed E-state index contributed by atoms with van der Waals surface area (Å²) in [4.78, 5) is 4.37. The summed E-state index contributed by atoms with van der Waals surface area (Å²) in [7, 11) is 1.68. The number of methoxy groups -OCH3 is 1. The molecule has 2 rings (SSSR count). The molecule has 0 radical (unpaired) electrons. The Morgan fingerprint density at radius 2 is 2.36 bits per heavy atom. The molecule has 0 aromatic carbocycles. The molecule has 1 heterocycles. The number of fused-ring (bicyclic) bond motifs is 1. The van der Waals surface area contributed by atoms with Crippen molar-refractivity contribution in [3.05, 3.63) is 0 Å². The summed E-state index contributed by atoms with van der Waals surface area (Å²) in [5.74, 6) is 2.15. The zero-order chi connectivity index (χ0) is 8.01. The summed E-state index contributed by atoms with van der Waals surface area (Å²) in [5, 5.41) is 0.276. The summed E-state index contributed by atoms with van der Waals surface area (Å²) >= 11 is 6.01. The van der Waals surface area contributed by atoms with E-state index >= 15 is 0 Å². The van der Waals surface area contributed by atoms with Crippen LogP contribution in [0.5, 0.6) is 0 Å². The minimum absolute atomic E-state index is 0.276. The zero-order valence-corrected chi connectivity index (χ0v) is 7.51. The van der Waals surface area contributed by atoms with Crippen LogP contribution in [0.15, 0.2) is 4.99 Å². The first-order chi connectivity index (χ1) is 5.24. The second-order valence-corrected chi connectivity index (χ2v) is 3.92. The fourth-order valence-corrected chi connectivity index (χ4v) is 2.39. The molecule has 0 spiro atoms. The van der Waals surface area contributed by atoms with E-state index in [1.54, 1.807) is 7.11 Å². The summed E-state index contributed by atoms with van der Waals surface area (Å²) in [6.07, 6.45) is 0.959. The second kappa shape index (κ2) is 2.37. The molecule has 0 N–H and O–H groups in total. The molecule has 2 nitrogen and oxygen atoms in total. The highest BCUT2D eigenvalue weighted by atomic mass is 35.5. The van der Waals surface area contributed by atoms with Crippen molar-refractivity contribution in [3.63, 3.8) is 0 Å². The molecule has 62 valence electrons. The quantitative estimate of drug-likeness (QED) is 0.511. The largest absolute Gasteiger partial charge is 0.484 e. The van der Waals surface area contributed by atoms with Gasteiger partial charge in [-0.1, -0.05) is 6.92 Å². The molecule has 1 aliphatic carbocycles. The lowest BCUT2D eigenvalue weighted by atomic mass is 10.00. The lowest BCUT2D eigenvalue weighted by molar-refractivity contribution is 0.353. The highest BCUT2D eigenvalue weighted by Crippen LogP contribution is 2.49. The van der Waals surface area contributed by atoms with E-state index in [1.807, 2.05) is 0 Å². The van der Waals surface area contributed by atoms with Crippen molar-refractivity contribution in [2.24, 2.45) is 16.8 Å². The summed E-state index contributed by atoms with van der Waals surface area (Å²) < 4.78 is 5.10. The number of rotatable bonds is 0. The molecule has 0 aromatic rings. The molecule has 0 unspecified atom stereocenters. The summed E-state index contributed by atoms with van der Waals surface area (Å²) in [6, 6.07) is 0.357. The molecule has 0 amide bonds. The maximum Gasteiger partial charge on any atom is 0.183 e. The minimum atomic E-state index is 0.276. The van der Waals surface area contributed by atoms with Crippen LogP contribution >= 0.6 is 11.6 Å². The third kappa shape index (κ3) is 1.04. The van der Waals surface area contributed by atoms with Crippen molar-refractivity contribution < 1.29 is 4.74 Å². The van der Waals surface area contributed by atoms with E-state index in [2.05, 4.69) is 11.9 Å². The van der Waals surface area contributed by atoms with Crippen LogP contribution in [0.3, 0.4) is 0 Å². The van der Waals surface area contributed by atoms with Gasteiger partial charge in [-0.05, 0) is 5.92 Å². The van der Waals surface area contributed by atoms with Crippen LogP contribution in [0, 0.1) is 11.8 Å². The summed E-state index contributed by atoms with van der Waals surface area (Å²) in [5.41, 5.74) is 0. The Balaban J connectivity index is 2.13. The first-order valence-electron chi connectivity index (χ1n) is 3.98. The fraction of sp³-hybridized carbons (Fsp3) is 0.875. The predicted octanol–water partition coefficient (Wildman–Crippen LogP) is 1.68. The molecular weight excluding hydrogens is 162 g/mol. The van der Waals surface area contributed by atoms with E-state index in [-0.39, 0.29) is 5.38 Å².